The molecule has 0 saturated heterocycles. The Morgan fingerprint density at radius 2 is 0.781 bits per heavy atom. The smallest absolute Gasteiger partial charge is 0.0387 e. The number of anilines is 4. The third kappa shape index (κ3) is 10.6. The van der Waals surface area contributed by atoms with Gasteiger partial charge in [-0.2, -0.15) is 0 Å². The molecule has 2 N–H and O–H groups in total. The van der Waals surface area contributed by atoms with Crippen LogP contribution in [0.15, 0.2) is 158 Å². The predicted molar refractivity (Wildman–Crippen MR) is 281 cm³/mol. The molecule has 64 heavy (non-hydrogen) atoms. The van der Waals surface area contributed by atoms with E-state index in [9.17, 15) is 0 Å². The standard InChI is InChI=1S/C62H68N2/c1-7-9-11-13-17-43(3)49-19-15-21-57(41-49)63-55-33-27-47(28-34-55)51-31-37-59-53(39-51)25-23-45(5)61(59)62-46(6)24-26-54-40-52(32-38-60(54)62)48-29-35-56(36-30-48)64-58-22-16-20-50(42-58)44(4)18-14-12-10-8-2/h15-16,19-44,63-64H,7-14,17-18H2,1-6H3. The van der Waals surface area contributed by atoms with E-state index in [2.05, 4.69) is 210 Å². The van der Waals surface area contributed by atoms with Gasteiger partial charge >= 0.3 is 0 Å². The molecule has 2 atom stereocenters. The molecule has 0 bridgehead atoms. The van der Waals surface area contributed by atoms with Gasteiger partial charge in [-0.3, -0.25) is 0 Å². The number of nitrogens with one attached hydrogen (secondary N) is 2. The van der Waals surface area contributed by atoms with Crippen LogP contribution in [0.1, 0.15) is 126 Å². The van der Waals surface area contributed by atoms with Gasteiger partial charge < -0.3 is 10.6 Å². The minimum Gasteiger partial charge on any atom is -0.356 e. The third-order valence-electron chi connectivity index (χ3n) is 13.6. The van der Waals surface area contributed by atoms with Gasteiger partial charge in [-0.1, -0.05) is 176 Å². The Morgan fingerprint density at radius 3 is 1.19 bits per heavy atom. The highest BCUT2D eigenvalue weighted by molar-refractivity contribution is 6.09. The van der Waals surface area contributed by atoms with Crippen LogP contribution in [0.2, 0.25) is 0 Å². The first-order valence-electron chi connectivity index (χ1n) is 24.3. The zero-order valence-corrected chi connectivity index (χ0v) is 39.2. The van der Waals surface area contributed by atoms with E-state index in [0.29, 0.717) is 11.8 Å². The maximum absolute atomic E-state index is 3.67. The molecule has 326 valence electrons. The summed E-state index contributed by atoms with van der Waals surface area (Å²) in [5.41, 5.74) is 17.5. The molecule has 0 aliphatic rings. The van der Waals surface area contributed by atoms with E-state index in [0.717, 1.165) is 22.7 Å². The van der Waals surface area contributed by atoms with Crippen molar-refractivity contribution in [2.45, 2.75) is 118 Å². The molecule has 0 radical (unpaired) electrons. The molecule has 2 unspecified atom stereocenters. The van der Waals surface area contributed by atoms with Gasteiger partial charge in [0.05, 0.1) is 0 Å². The molecule has 8 aromatic rings. The second kappa shape index (κ2) is 21.0. The van der Waals surface area contributed by atoms with Gasteiger partial charge in [-0.05, 0) is 176 Å². The Balaban J connectivity index is 0.982. The van der Waals surface area contributed by atoms with E-state index in [1.165, 1.54) is 141 Å². The molecule has 8 rings (SSSR count). The molecule has 0 aliphatic carbocycles. The number of benzene rings is 8. The summed E-state index contributed by atoms with van der Waals surface area (Å²) in [4.78, 5) is 0. The van der Waals surface area contributed by atoms with Crippen molar-refractivity contribution in [2.75, 3.05) is 10.6 Å². The average molecular weight is 841 g/mol. The second-order valence-electron chi connectivity index (χ2n) is 18.5. The van der Waals surface area contributed by atoms with Crippen LogP contribution in [-0.2, 0) is 0 Å². The maximum atomic E-state index is 3.67. The largest absolute Gasteiger partial charge is 0.356 e. The lowest BCUT2D eigenvalue weighted by molar-refractivity contribution is 0.580. The van der Waals surface area contributed by atoms with Crippen LogP contribution in [0.3, 0.4) is 0 Å². The molecule has 2 nitrogen and oxygen atoms in total. The monoisotopic (exact) mass is 841 g/mol. The molecule has 8 aromatic carbocycles. The topological polar surface area (TPSA) is 24.1 Å². The van der Waals surface area contributed by atoms with Crippen LogP contribution >= 0.6 is 0 Å². The van der Waals surface area contributed by atoms with Gasteiger partial charge in [-0.15, -0.1) is 0 Å². The lowest BCUT2D eigenvalue weighted by Gasteiger charge is -2.18. The molecule has 0 aliphatic heterocycles. The van der Waals surface area contributed by atoms with Crippen LogP contribution in [0.5, 0.6) is 0 Å². The van der Waals surface area contributed by atoms with E-state index in [1.54, 1.807) is 0 Å². The molecule has 2 heteroatoms. The quantitative estimate of drug-likeness (QED) is 0.0793. The summed E-state index contributed by atoms with van der Waals surface area (Å²) in [6.07, 6.45) is 13.0. The van der Waals surface area contributed by atoms with Crippen molar-refractivity contribution < 1.29 is 0 Å². The first kappa shape index (κ1) is 44.5. The van der Waals surface area contributed by atoms with Crippen molar-refractivity contribution >= 4 is 44.3 Å². The minimum absolute atomic E-state index is 0.571. The average Bonchev–Trinajstić information content (AvgIpc) is 3.32. The molecule has 0 amide bonds. The molecule has 0 spiro atoms. The number of aryl methyl sites for hydroxylation is 2. The highest BCUT2D eigenvalue weighted by Gasteiger charge is 2.16. The number of fused-ring (bicyclic) bond motifs is 2. The molecule has 0 fully saturated rings. The van der Waals surface area contributed by atoms with Gasteiger partial charge in [0.1, 0.15) is 0 Å². The first-order valence-corrected chi connectivity index (χ1v) is 24.3. The van der Waals surface area contributed by atoms with Crippen LogP contribution in [0.4, 0.5) is 22.7 Å². The molecular formula is C62H68N2. The van der Waals surface area contributed by atoms with E-state index in [1.807, 2.05) is 0 Å². The minimum atomic E-state index is 0.571. The van der Waals surface area contributed by atoms with E-state index in [4.69, 9.17) is 0 Å². The van der Waals surface area contributed by atoms with Crippen molar-refractivity contribution in [1.82, 2.24) is 0 Å². The lowest BCUT2D eigenvalue weighted by Crippen LogP contribution is -1.96. The second-order valence-corrected chi connectivity index (χ2v) is 18.5. The summed E-state index contributed by atoms with van der Waals surface area (Å²) in [6.45, 7) is 13.8. The van der Waals surface area contributed by atoms with Gasteiger partial charge in [-0.25, -0.2) is 0 Å². The Morgan fingerprint density at radius 1 is 0.375 bits per heavy atom. The van der Waals surface area contributed by atoms with E-state index >= 15 is 0 Å². The fourth-order valence-corrected chi connectivity index (χ4v) is 9.66. The SMILES string of the molecule is CCCCCCC(C)c1cccc(Nc2ccc(-c3ccc4c(-c5c(C)ccc6cc(-c7ccc(Nc8cccc(C(C)CCCCCC)c8)cc7)ccc56)c(C)ccc4c3)cc2)c1. The first-order chi connectivity index (χ1) is 31.3. The van der Waals surface area contributed by atoms with Crippen LogP contribution in [0.25, 0.3) is 54.9 Å². The summed E-state index contributed by atoms with van der Waals surface area (Å²) >= 11 is 0. The normalized spacial score (nSPS) is 12.4. The Bertz CT molecular complexity index is 2600. The van der Waals surface area contributed by atoms with Crippen LogP contribution in [-0.4, -0.2) is 0 Å². The zero-order valence-electron chi connectivity index (χ0n) is 39.2. The fourth-order valence-electron chi connectivity index (χ4n) is 9.66. The predicted octanol–water partition coefficient (Wildman–Crippen LogP) is 19.2. The number of rotatable bonds is 19. The van der Waals surface area contributed by atoms with Gasteiger partial charge in [0.2, 0.25) is 0 Å². The number of unbranched alkanes of at least 4 members (excludes halogenated alkanes) is 6. The van der Waals surface area contributed by atoms with Crippen LogP contribution < -0.4 is 10.6 Å². The van der Waals surface area contributed by atoms with Crippen molar-refractivity contribution in [2.24, 2.45) is 0 Å². The molecule has 0 saturated carbocycles. The number of hydrogen-bond acceptors (Lipinski definition) is 2. The summed E-state index contributed by atoms with van der Waals surface area (Å²) in [7, 11) is 0. The highest BCUT2D eigenvalue weighted by atomic mass is 14.9. The Hall–Kier alpha value is -6.12. The van der Waals surface area contributed by atoms with Gasteiger partial charge in [0, 0.05) is 22.7 Å². The zero-order chi connectivity index (χ0) is 44.4. The number of hydrogen-bond donors (Lipinski definition) is 2. The fraction of sp³-hybridized carbons (Fsp3) is 0.290. The van der Waals surface area contributed by atoms with Gasteiger partial charge in [0.15, 0.2) is 0 Å². The Labute approximate surface area is 384 Å². The molecule has 0 heterocycles. The highest BCUT2D eigenvalue weighted by Crippen LogP contribution is 2.41. The summed E-state index contributed by atoms with van der Waals surface area (Å²) in [5, 5.41) is 12.4. The van der Waals surface area contributed by atoms with E-state index in [-0.39, 0.29) is 0 Å². The Kier molecular flexibility index (Phi) is 14.6. The van der Waals surface area contributed by atoms with Crippen molar-refractivity contribution in [3.63, 3.8) is 0 Å². The van der Waals surface area contributed by atoms with Crippen molar-refractivity contribution in [3.05, 3.63) is 180 Å². The summed E-state index contributed by atoms with van der Waals surface area (Å²) in [5.74, 6) is 1.14. The molecule has 0 aromatic heterocycles. The van der Waals surface area contributed by atoms with Gasteiger partial charge in [0.25, 0.3) is 0 Å². The third-order valence-corrected chi connectivity index (χ3v) is 13.6. The molecular weight excluding hydrogens is 773 g/mol. The van der Waals surface area contributed by atoms with E-state index < -0.39 is 0 Å². The summed E-state index contributed by atoms with van der Waals surface area (Å²) < 4.78 is 0. The van der Waals surface area contributed by atoms with Crippen molar-refractivity contribution in [3.8, 4) is 33.4 Å². The van der Waals surface area contributed by atoms with Crippen molar-refractivity contribution in [1.29, 1.82) is 0 Å². The maximum Gasteiger partial charge on any atom is 0.0387 e. The van der Waals surface area contributed by atoms with Crippen LogP contribution in [0, 0.1) is 13.8 Å². The lowest BCUT2D eigenvalue weighted by atomic mass is 9.86. The summed E-state index contributed by atoms with van der Waals surface area (Å²) in [6, 6.07) is 58.9.